The lowest BCUT2D eigenvalue weighted by atomic mass is 10.4. The Morgan fingerprint density at radius 3 is 2.36 bits per heavy atom. The largest absolute Gasteiger partial charge is 0.466 e. The van der Waals surface area contributed by atoms with Crippen molar-refractivity contribution in [3.8, 4) is 0 Å². The Morgan fingerprint density at radius 1 is 1.43 bits per heavy atom. The van der Waals surface area contributed by atoms with Gasteiger partial charge in [0.2, 0.25) is 0 Å². The summed E-state index contributed by atoms with van der Waals surface area (Å²) in [6.45, 7) is 11.9. The molecule has 0 fully saturated rings. The topological polar surface area (TPSA) is 26.3 Å². The predicted molar refractivity (Wildman–Crippen MR) is 63.0 cm³/mol. The number of esters is 1. The molecule has 0 aliphatic carbocycles. The average Bonchev–Trinajstić information content (AvgIpc) is 2.14. The van der Waals surface area contributed by atoms with Gasteiger partial charge in [-0.15, -0.1) is 0 Å². The van der Waals surface area contributed by atoms with Crippen molar-refractivity contribution < 1.29 is 9.53 Å². The SMILES string of the molecule is C=C(C)C(=O)OC[Si](C)(CC)CCC. The van der Waals surface area contributed by atoms with Crippen LogP contribution in [0.2, 0.25) is 18.6 Å². The summed E-state index contributed by atoms with van der Waals surface area (Å²) in [5.41, 5.74) is 0.494. The van der Waals surface area contributed by atoms with Crippen molar-refractivity contribution in [2.24, 2.45) is 0 Å². The van der Waals surface area contributed by atoms with Gasteiger partial charge in [0.25, 0.3) is 0 Å². The van der Waals surface area contributed by atoms with E-state index in [-0.39, 0.29) is 5.97 Å². The van der Waals surface area contributed by atoms with Gasteiger partial charge in [0.15, 0.2) is 0 Å². The number of rotatable bonds is 6. The second-order valence-corrected chi connectivity index (χ2v) is 9.39. The quantitative estimate of drug-likeness (QED) is 0.386. The first kappa shape index (κ1) is 13.4. The van der Waals surface area contributed by atoms with Crippen LogP contribution in [0.15, 0.2) is 12.2 Å². The van der Waals surface area contributed by atoms with Crippen molar-refractivity contribution in [2.45, 2.75) is 45.8 Å². The number of carbonyl (C=O) groups excluding carboxylic acids is 1. The number of hydrogen-bond acceptors (Lipinski definition) is 2. The van der Waals surface area contributed by atoms with Crippen LogP contribution in [-0.4, -0.2) is 20.3 Å². The molecule has 0 aromatic rings. The highest BCUT2D eigenvalue weighted by molar-refractivity contribution is 6.78. The summed E-state index contributed by atoms with van der Waals surface area (Å²) in [6, 6.07) is 2.40. The summed E-state index contributed by atoms with van der Waals surface area (Å²) in [4.78, 5) is 11.2. The van der Waals surface area contributed by atoms with Gasteiger partial charge in [-0.3, -0.25) is 0 Å². The van der Waals surface area contributed by atoms with Crippen molar-refractivity contribution in [3.63, 3.8) is 0 Å². The molecule has 0 N–H and O–H groups in total. The van der Waals surface area contributed by atoms with E-state index in [0.717, 1.165) is 0 Å². The van der Waals surface area contributed by atoms with Gasteiger partial charge < -0.3 is 4.74 Å². The van der Waals surface area contributed by atoms with E-state index in [1.54, 1.807) is 6.92 Å². The third-order valence-electron chi connectivity index (χ3n) is 2.61. The van der Waals surface area contributed by atoms with Crippen molar-refractivity contribution in [1.82, 2.24) is 0 Å². The van der Waals surface area contributed by atoms with Crippen LogP contribution < -0.4 is 0 Å². The van der Waals surface area contributed by atoms with Gasteiger partial charge in [0, 0.05) is 5.57 Å². The van der Waals surface area contributed by atoms with E-state index >= 15 is 0 Å². The van der Waals surface area contributed by atoms with Gasteiger partial charge in [-0.25, -0.2) is 4.79 Å². The van der Waals surface area contributed by atoms with Gasteiger partial charge in [-0.2, -0.15) is 0 Å². The average molecular weight is 214 g/mol. The lowest BCUT2D eigenvalue weighted by Crippen LogP contribution is -2.36. The van der Waals surface area contributed by atoms with Crippen molar-refractivity contribution in [3.05, 3.63) is 12.2 Å². The summed E-state index contributed by atoms with van der Waals surface area (Å²) in [5.74, 6) is -0.242. The molecule has 0 rings (SSSR count). The summed E-state index contributed by atoms with van der Waals surface area (Å²) in [5, 5.41) is 0. The molecule has 2 nitrogen and oxygen atoms in total. The number of hydrogen-bond donors (Lipinski definition) is 0. The van der Waals surface area contributed by atoms with Crippen LogP contribution >= 0.6 is 0 Å². The molecule has 1 atom stereocenters. The molecule has 0 radical (unpaired) electrons. The van der Waals surface area contributed by atoms with Gasteiger partial charge in [0.1, 0.15) is 0 Å². The lowest BCUT2D eigenvalue weighted by Gasteiger charge is -2.24. The highest BCUT2D eigenvalue weighted by Gasteiger charge is 2.25. The summed E-state index contributed by atoms with van der Waals surface area (Å²) >= 11 is 0. The zero-order valence-electron chi connectivity index (χ0n) is 9.85. The monoisotopic (exact) mass is 214 g/mol. The first-order chi connectivity index (χ1) is 6.45. The molecule has 0 saturated carbocycles. The molecule has 0 aromatic heterocycles. The third-order valence-corrected chi connectivity index (χ3v) is 6.86. The lowest BCUT2D eigenvalue weighted by molar-refractivity contribution is -0.137. The minimum Gasteiger partial charge on any atom is -0.466 e. The molecular weight excluding hydrogens is 192 g/mol. The summed E-state index contributed by atoms with van der Waals surface area (Å²) in [6.07, 6.45) is 1.82. The Morgan fingerprint density at radius 2 is 2.00 bits per heavy atom. The van der Waals surface area contributed by atoms with E-state index in [1.807, 2.05) is 0 Å². The maximum absolute atomic E-state index is 11.2. The highest BCUT2D eigenvalue weighted by Crippen LogP contribution is 2.17. The molecule has 0 saturated heterocycles. The molecule has 82 valence electrons. The van der Waals surface area contributed by atoms with Crippen LogP contribution in [0.1, 0.15) is 27.2 Å². The first-order valence-electron chi connectivity index (χ1n) is 5.28. The molecule has 14 heavy (non-hydrogen) atoms. The van der Waals surface area contributed by atoms with Crippen molar-refractivity contribution in [1.29, 1.82) is 0 Å². The maximum atomic E-state index is 11.2. The minimum atomic E-state index is -1.32. The molecule has 0 aliphatic rings. The fourth-order valence-corrected chi connectivity index (χ4v) is 3.71. The molecule has 3 heteroatoms. The zero-order valence-corrected chi connectivity index (χ0v) is 10.9. The zero-order chi connectivity index (χ0) is 11.2. The molecule has 0 aliphatic heterocycles. The van der Waals surface area contributed by atoms with Crippen LogP contribution in [0.5, 0.6) is 0 Å². The molecule has 0 aromatic carbocycles. The van der Waals surface area contributed by atoms with Crippen LogP contribution in [0, 0.1) is 0 Å². The fraction of sp³-hybridized carbons (Fsp3) is 0.727. The van der Waals surface area contributed by atoms with E-state index in [0.29, 0.717) is 11.8 Å². The van der Waals surface area contributed by atoms with E-state index < -0.39 is 8.07 Å². The second-order valence-electron chi connectivity index (χ2n) is 4.27. The van der Waals surface area contributed by atoms with Crippen LogP contribution in [0.3, 0.4) is 0 Å². The molecule has 0 spiro atoms. The van der Waals surface area contributed by atoms with Crippen LogP contribution in [-0.2, 0) is 9.53 Å². The van der Waals surface area contributed by atoms with Gasteiger partial charge in [-0.05, 0) is 6.92 Å². The van der Waals surface area contributed by atoms with Gasteiger partial charge >= 0.3 is 5.97 Å². The van der Waals surface area contributed by atoms with Crippen LogP contribution in [0.4, 0.5) is 0 Å². The van der Waals surface area contributed by atoms with Crippen molar-refractivity contribution >= 4 is 14.0 Å². The Labute approximate surface area is 88.4 Å². The first-order valence-corrected chi connectivity index (χ1v) is 8.40. The normalized spacial score (nSPS) is 14.6. The third kappa shape index (κ3) is 4.60. The van der Waals surface area contributed by atoms with Gasteiger partial charge in [-0.1, -0.05) is 45.5 Å². The van der Waals surface area contributed by atoms with E-state index in [4.69, 9.17) is 4.74 Å². The molecule has 0 amide bonds. The molecule has 0 heterocycles. The van der Waals surface area contributed by atoms with E-state index in [9.17, 15) is 4.79 Å². The standard InChI is InChI=1S/C11H22O2Si/c1-6-8-14(5,7-2)9-13-11(12)10(3)4/h3,6-9H2,1-2,4-5H3. The molecule has 0 bridgehead atoms. The smallest absolute Gasteiger partial charge is 0.332 e. The van der Waals surface area contributed by atoms with Gasteiger partial charge in [0.05, 0.1) is 14.3 Å². The Bertz CT molecular complexity index is 213. The summed E-state index contributed by atoms with van der Waals surface area (Å²) < 4.78 is 5.24. The predicted octanol–water partition coefficient (Wildman–Crippen LogP) is 3.15. The number of carbonyl (C=O) groups is 1. The summed E-state index contributed by atoms with van der Waals surface area (Å²) in [7, 11) is -1.32. The Kier molecular flexibility index (Phi) is 5.77. The van der Waals surface area contributed by atoms with E-state index in [1.165, 1.54) is 18.5 Å². The second kappa shape index (κ2) is 6.01. The minimum absolute atomic E-state index is 0.242. The highest BCUT2D eigenvalue weighted by atomic mass is 28.3. The maximum Gasteiger partial charge on any atom is 0.332 e. The molecular formula is C11H22O2Si. The molecule has 1 unspecified atom stereocenters. The Hall–Kier alpha value is -0.573. The van der Waals surface area contributed by atoms with Crippen molar-refractivity contribution in [2.75, 3.05) is 6.23 Å². The number of ether oxygens (including phenoxy) is 1. The van der Waals surface area contributed by atoms with Crippen LogP contribution in [0.25, 0.3) is 0 Å². The Balaban J connectivity index is 4.07. The fourth-order valence-electron chi connectivity index (χ4n) is 1.32. The van der Waals surface area contributed by atoms with E-state index in [2.05, 4.69) is 27.0 Å².